The maximum Gasteiger partial charge on any atom is 0.320 e. The molecule has 2 amide bonds. The van der Waals surface area contributed by atoms with Crippen molar-refractivity contribution in [1.82, 2.24) is 15.1 Å². The lowest BCUT2D eigenvalue weighted by Gasteiger charge is -2.41. The number of hydrogen-bond acceptors (Lipinski definition) is 2. The van der Waals surface area contributed by atoms with Gasteiger partial charge in [-0.3, -0.25) is 0 Å². The Morgan fingerprint density at radius 3 is 2.93 bits per heavy atom. The maximum absolute atomic E-state index is 12.1. The minimum Gasteiger partial charge on any atom is -0.325 e. The van der Waals surface area contributed by atoms with Crippen LogP contribution >= 0.6 is 0 Å². The first-order valence-electron chi connectivity index (χ1n) is 6.09. The van der Waals surface area contributed by atoms with E-state index < -0.39 is 0 Å². The van der Waals surface area contributed by atoms with Gasteiger partial charge >= 0.3 is 6.03 Å². The van der Waals surface area contributed by atoms with Gasteiger partial charge in [-0.2, -0.15) is 0 Å². The number of rotatable bonds is 2. The van der Waals surface area contributed by atoms with Gasteiger partial charge in [0.05, 0.1) is 0 Å². The van der Waals surface area contributed by atoms with Crippen LogP contribution < -0.4 is 5.32 Å². The van der Waals surface area contributed by atoms with Crippen molar-refractivity contribution >= 4 is 6.03 Å². The highest BCUT2D eigenvalue weighted by Crippen LogP contribution is 2.17. The Labute approximate surface area is 91.6 Å². The van der Waals surface area contributed by atoms with Crippen molar-refractivity contribution in [2.45, 2.75) is 32.2 Å². The van der Waals surface area contributed by atoms with E-state index >= 15 is 0 Å². The van der Waals surface area contributed by atoms with Crippen molar-refractivity contribution in [2.24, 2.45) is 0 Å². The van der Waals surface area contributed by atoms with Gasteiger partial charge in [-0.25, -0.2) is 4.79 Å². The Balaban J connectivity index is 1.97. The summed E-state index contributed by atoms with van der Waals surface area (Å²) >= 11 is 0. The number of carbonyl (C=O) groups excluding carboxylic acids is 1. The lowest BCUT2D eigenvalue weighted by molar-refractivity contribution is 0.102. The fraction of sp³-hybridized carbons (Fsp3) is 0.909. The molecule has 2 aliphatic heterocycles. The summed E-state index contributed by atoms with van der Waals surface area (Å²) in [5.74, 6) is 0. The van der Waals surface area contributed by atoms with Gasteiger partial charge in [0.1, 0.15) is 0 Å². The third kappa shape index (κ3) is 2.25. The van der Waals surface area contributed by atoms with Crippen LogP contribution in [0.4, 0.5) is 4.79 Å². The van der Waals surface area contributed by atoms with E-state index in [0.717, 1.165) is 45.6 Å². The van der Waals surface area contributed by atoms with E-state index in [0.29, 0.717) is 6.04 Å². The topological polar surface area (TPSA) is 35.6 Å². The number of amides is 2. The normalized spacial score (nSPS) is 28.3. The summed E-state index contributed by atoms with van der Waals surface area (Å²) in [6.07, 6.45) is 3.48. The van der Waals surface area contributed by atoms with E-state index in [1.807, 2.05) is 4.90 Å². The van der Waals surface area contributed by atoms with E-state index in [1.54, 1.807) is 0 Å². The number of piperidine rings is 1. The molecule has 0 saturated carbocycles. The number of carbonyl (C=O) groups is 1. The lowest BCUT2D eigenvalue weighted by Crippen LogP contribution is -2.56. The molecule has 2 aliphatic rings. The third-order valence-corrected chi connectivity index (χ3v) is 3.44. The van der Waals surface area contributed by atoms with Crippen molar-refractivity contribution in [2.75, 3.05) is 32.7 Å². The molecule has 2 fully saturated rings. The van der Waals surface area contributed by atoms with Crippen LogP contribution in [0.1, 0.15) is 26.2 Å². The molecule has 0 spiro atoms. The minimum absolute atomic E-state index is 0.248. The molecule has 2 rings (SSSR count). The summed E-state index contributed by atoms with van der Waals surface area (Å²) in [5, 5.41) is 3.37. The Morgan fingerprint density at radius 1 is 1.40 bits per heavy atom. The monoisotopic (exact) mass is 211 g/mol. The summed E-state index contributed by atoms with van der Waals surface area (Å²) in [7, 11) is 0. The van der Waals surface area contributed by atoms with Crippen molar-refractivity contribution in [3.8, 4) is 0 Å². The second-order valence-electron chi connectivity index (χ2n) is 4.41. The van der Waals surface area contributed by atoms with Crippen molar-refractivity contribution < 1.29 is 4.79 Å². The first-order chi connectivity index (χ1) is 7.33. The molecule has 1 N–H and O–H groups in total. The molecule has 4 heteroatoms. The number of nitrogens with zero attached hydrogens (tertiary/aromatic N) is 2. The highest BCUT2D eigenvalue weighted by Gasteiger charge is 2.30. The molecule has 0 aromatic heterocycles. The first-order valence-corrected chi connectivity index (χ1v) is 6.09. The zero-order valence-corrected chi connectivity index (χ0v) is 9.54. The second kappa shape index (κ2) is 4.84. The summed E-state index contributed by atoms with van der Waals surface area (Å²) < 4.78 is 0. The largest absolute Gasteiger partial charge is 0.325 e. The summed E-state index contributed by atoms with van der Waals surface area (Å²) in [4.78, 5) is 16.1. The van der Waals surface area contributed by atoms with Gasteiger partial charge in [0.25, 0.3) is 0 Å². The molecule has 0 aromatic rings. The lowest BCUT2D eigenvalue weighted by atomic mass is 10.1. The first kappa shape index (κ1) is 10.7. The van der Waals surface area contributed by atoms with Crippen LogP contribution in [0.2, 0.25) is 0 Å². The fourth-order valence-electron chi connectivity index (χ4n) is 2.54. The average Bonchev–Trinajstić information content (AvgIpc) is 2.30. The van der Waals surface area contributed by atoms with E-state index in [-0.39, 0.29) is 6.03 Å². The fourth-order valence-corrected chi connectivity index (χ4v) is 2.54. The van der Waals surface area contributed by atoms with Gasteiger partial charge in [-0.1, -0.05) is 0 Å². The predicted molar refractivity (Wildman–Crippen MR) is 59.9 cm³/mol. The van der Waals surface area contributed by atoms with E-state index in [2.05, 4.69) is 17.1 Å². The molecule has 4 nitrogen and oxygen atoms in total. The quantitative estimate of drug-likeness (QED) is 0.736. The van der Waals surface area contributed by atoms with E-state index in [4.69, 9.17) is 0 Å². The van der Waals surface area contributed by atoms with Gasteiger partial charge < -0.3 is 15.1 Å². The van der Waals surface area contributed by atoms with Gasteiger partial charge in [0, 0.05) is 32.2 Å². The summed E-state index contributed by atoms with van der Waals surface area (Å²) in [5.41, 5.74) is 0. The molecule has 0 bridgehead atoms. The van der Waals surface area contributed by atoms with Crippen LogP contribution in [-0.4, -0.2) is 54.6 Å². The number of urea groups is 1. The molecule has 15 heavy (non-hydrogen) atoms. The molecular weight excluding hydrogens is 190 g/mol. The van der Waals surface area contributed by atoms with Crippen LogP contribution in [0, 0.1) is 0 Å². The van der Waals surface area contributed by atoms with Crippen LogP contribution in [0.5, 0.6) is 0 Å². The molecule has 86 valence electrons. The zero-order chi connectivity index (χ0) is 10.7. The summed E-state index contributed by atoms with van der Waals surface area (Å²) in [6, 6.07) is 0.679. The molecule has 0 aliphatic carbocycles. The number of nitrogens with one attached hydrogen (secondary N) is 1. The van der Waals surface area contributed by atoms with Gasteiger partial charge in [0.15, 0.2) is 0 Å². The number of hydrogen-bond donors (Lipinski definition) is 1. The molecular formula is C11H21N3O. The molecule has 0 aromatic carbocycles. The van der Waals surface area contributed by atoms with Crippen LogP contribution in [0.15, 0.2) is 0 Å². The van der Waals surface area contributed by atoms with E-state index in [1.165, 1.54) is 6.42 Å². The molecule has 1 unspecified atom stereocenters. The Kier molecular flexibility index (Phi) is 3.46. The zero-order valence-electron chi connectivity index (χ0n) is 9.54. The highest BCUT2D eigenvalue weighted by molar-refractivity contribution is 5.75. The maximum atomic E-state index is 12.1. The van der Waals surface area contributed by atoms with Crippen molar-refractivity contribution in [1.29, 1.82) is 0 Å². The van der Waals surface area contributed by atoms with Crippen LogP contribution in [0.3, 0.4) is 0 Å². The van der Waals surface area contributed by atoms with Crippen molar-refractivity contribution in [3.05, 3.63) is 0 Å². The average molecular weight is 211 g/mol. The minimum atomic E-state index is 0.248. The SMILES string of the molecule is CCN1CCCN(C2CCCNC2)C1=O. The third-order valence-electron chi connectivity index (χ3n) is 3.44. The van der Waals surface area contributed by atoms with E-state index in [9.17, 15) is 4.79 Å². The molecule has 1 atom stereocenters. The molecule has 0 radical (unpaired) electrons. The highest BCUT2D eigenvalue weighted by atomic mass is 16.2. The smallest absolute Gasteiger partial charge is 0.320 e. The predicted octanol–water partition coefficient (Wildman–Crippen LogP) is 0.886. The Bertz CT molecular complexity index is 226. The molecule has 2 saturated heterocycles. The van der Waals surface area contributed by atoms with Crippen LogP contribution in [-0.2, 0) is 0 Å². The summed E-state index contributed by atoms with van der Waals surface area (Å²) in [6.45, 7) is 6.86. The Hall–Kier alpha value is -0.770. The standard InChI is InChI=1S/C11H21N3O/c1-2-13-7-4-8-14(11(13)15)10-5-3-6-12-9-10/h10,12H,2-9H2,1H3. The second-order valence-corrected chi connectivity index (χ2v) is 4.41. The van der Waals surface area contributed by atoms with Gasteiger partial charge in [0.2, 0.25) is 0 Å². The van der Waals surface area contributed by atoms with Crippen LogP contribution in [0.25, 0.3) is 0 Å². The van der Waals surface area contributed by atoms with Crippen molar-refractivity contribution in [3.63, 3.8) is 0 Å². The van der Waals surface area contributed by atoms with Gasteiger partial charge in [-0.05, 0) is 32.7 Å². The van der Waals surface area contributed by atoms with Gasteiger partial charge in [-0.15, -0.1) is 0 Å². The molecule has 2 heterocycles. The Morgan fingerprint density at radius 2 is 2.27 bits per heavy atom.